The van der Waals surface area contributed by atoms with Gasteiger partial charge in [0.2, 0.25) is 0 Å². The van der Waals surface area contributed by atoms with E-state index in [1.807, 2.05) is 30.3 Å². The molecule has 1 fully saturated rings. The number of benzene rings is 2. The van der Waals surface area contributed by atoms with Crippen LogP contribution in [0.1, 0.15) is 22.6 Å². The zero-order valence-corrected chi connectivity index (χ0v) is 16.3. The number of alkyl halides is 3. The van der Waals surface area contributed by atoms with Crippen molar-refractivity contribution in [2.24, 2.45) is 5.92 Å². The van der Waals surface area contributed by atoms with Crippen molar-refractivity contribution in [1.29, 1.82) is 0 Å². The maximum Gasteiger partial charge on any atom is 0.435 e. The van der Waals surface area contributed by atoms with E-state index in [4.69, 9.17) is 0 Å². The van der Waals surface area contributed by atoms with Crippen molar-refractivity contribution in [2.75, 3.05) is 24.5 Å². The van der Waals surface area contributed by atoms with Crippen molar-refractivity contribution in [3.05, 3.63) is 71.8 Å². The highest BCUT2D eigenvalue weighted by atomic mass is 19.4. The van der Waals surface area contributed by atoms with E-state index >= 15 is 0 Å². The molecule has 0 aliphatic carbocycles. The molecule has 0 saturated carbocycles. The van der Waals surface area contributed by atoms with Crippen LogP contribution in [0.5, 0.6) is 0 Å². The molecule has 4 rings (SSSR count). The summed E-state index contributed by atoms with van der Waals surface area (Å²) in [5.41, 5.74) is -1.29. The molecule has 1 N–H and O–H groups in total. The van der Waals surface area contributed by atoms with Crippen LogP contribution in [0.25, 0.3) is 5.69 Å². The predicted molar refractivity (Wildman–Crippen MR) is 105 cm³/mol. The molecule has 31 heavy (non-hydrogen) atoms. The van der Waals surface area contributed by atoms with Gasteiger partial charge in [-0.15, -0.1) is 5.10 Å². The molecule has 1 aliphatic heterocycles. The van der Waals surface area contributed by atoms with Gasteiger partial charge >= 0.3 is 6.18 Å². The number of para-hydroxylation sites is 1. The Morgan fingerprint density at radius 2 is 1.84 bits per heavy atom. The summed E-state index contributed by atoms with van der Waals surface area (Å²) in [6.45, 7) is 1.70. The maximum atomic E-state index is 13.7. The molecule has 162 valence electrons. The highest BCUT2D eigenvalue weighted by Crippen LogP contribution is 2.33. The van der Waals surface area contributed by atoms with Gasteiger partial charge in [-0.05, 0) is 42.7 Å². The van der Waals surface area contributed by atoms with Crippen LogP contribution >= 0.6 is 0 Å². The molecule has 1 atom stereocenters. The maximum absolute atomic E-state index is 13.7. The number of carbonyl (C=O) groups is 1. The van der Waals surface area contributed by atoms with Gasteiger partial charge in [0.05, 0.1) is 5.69 Å². The van der Waals surface area contributed by atoms with Crippen LogP contribution in [0, 0.1) is 11.7 Å². The molecule has 1 aromatic heterocycles. The summed E-state index contributed by atoms with van der Waals surface area (Å²) in [6.07, 6.45) is -4.10. The summed E-state index contributed by atoms with van der Waals surface area (Å²) < 4.78 is 55.0. The molecule has 0 radical (unpaired) electrons. The van der Waals surface area contributed by atoms with Gasteiger partial charge in [-0.25, -0.2) is 9.07 Å². The third-order valence-corrected chi connectivity index (χ3v) is 5.17. The van der Waals surface area contributed by atoms with Crippen molar-refractivity contribution in [3.8, 4) is 5.69 Å². The normalized spacial score (nSPS) is 16.5. The largest absolute Gasteiger partial charge is 0.435 e. The number of nitrogens with zero attached hydrogens (tertiary/aromatic N) is 4. The topological polar surface area (TPSA) is 63.1 Å². The number of hydrogen-bond acceptors (Lipinski definition) is 4. The van der Waals surface area contributed by atoms with Crippen LogP contribution in [-0.2, 0) is 6.18 Å². The lowest BCUT2D eigenvalue weighted by molar-refractivity contribution is -0.143. The molecule has 3 aromatic rings. The Hall–Kier alpha value is -3.43. The van der Waals surface area contributed by atoms with Gasteiger partial charge in [0, 0.05) is 25.3 Å². The van der Waals surface area contributed by atoms with E-state index in [2.05, 4.69) is 20.5 Å². The second kappa shape index (κ2) is 8.37. The van der Waals surface area contributed by atoms with Gasteiger partial charge in [0.1, 0.15) is 5.82 Å². The van der Waals surface area contributed by atoms with Gasteiger partial charge in [-0.2, -0.15) is 13.2 Å². The number of rotatable bonds is 5. The van der Waals surface area contributed by atoms with Gasteiger partial charge < -0.3 is 10.2 Å². The number of anilines is 1. The number of aromatic nitrogens is 3. The summed E-state index contributed by atoms with van der Waals surface area (Å²) in [5, 5.41) is 9.45. The van der Waals surface area contributed by atoms with Crippen LogP contribution < -0.4 is 10.2 Å². The Kier molecular flexibility index (Phi) is 5.62. The fourth-order valence-electron chi connectivity index (χ4n) is 3.67. The van der Waals surface area contributed by atoms with Crippen molar-refractivity contribution in [3.63, 3.8) is 0 Å². The van der Waals surface area contributed by atoms with Crippen LogP contribution in [0.2, 0.25) is 0 Å². The molecule has 2 heterocycles. The second-order valence-electron chi connectivity index (χ2n) is 7.32. The first-order valence-electron chi connectivity index (χ1n) is 9.70. The first-order valence-corrected chi connectivity index (χ1v) is 9.70. The van der Waals surface area contributed by atoms with Crippen LogP contribution in [-0.4, -0.2) is 40.5 Å². The van der Waals surface area contributed by atoms with E-state index in [9.17, 15) is 22.4 Å². The zero-order valence-electron chi connectivity index (χ0n) is 16.3. The van der Waals surface area contributed by atoms with Gasteiger partial charge in [0.25, 0.3) is 5.91 Å². The number of nitrogens with one attached hydrogen (secondary N) is 1. The molecule has 2 aromatic carbocycles. The van der Waals surface area contributed by atoms with E-state index in [0.29, 0.717) is 11.2 Å². The third-order valence-electron chi connectivity index (χ3n) is 5.17. The van der Waals surface area contributed by atoms with Crippen LogP contribution in [0.3, 0.4) is 0 Å². The van der Waals surface area contributed by atoms with Crippen molar-refractivity contribution in [2.45, 2.75) is 12.6 Å². The first-order chi connectivity index (χ1) is 14.8. The molecule has 0 bridgehead atoms. The quantitative estimate of drug-likeness (QED) is 0.624. The van der Waals surface area contributed by atoms with Crippen LogP contribution in [0.15, 0.2) is 54.6 Å². The molecular formula is C21H19F4N5O. The monoisotopic (exact) mass is 433 g/mol. The molecule has 1 amide bonds. The van der Waals surface area contributed by atoms with Gasteiger partial charge in [0.15, 0.2) is 11.4 Å². The average Bonchev–Trinajstić information content (AvgIpc) is 3.40. The summed E-state index contributed by atoms with van der Waals surface area (Å²) >= 11 is 0. The Morgan fingerprint density at radius 3 is 2.55 bits per heavy atom. The summed E-state index contributed by atoms with van der Waals surface area (Å²) in [5.74, 6) is -1.60. The number of hydrogen-bond donors (Lipinski definition) is 1. The minimum atomic E-state index is -4.90. The molecule has 6 nitrogen and oxygen atoms in total. The van der Waals surface area contributed by atoms with E-state index in [1.54, 1.807) is 0 Å². The Balaban J connectivity index is 1.48. The van der Waals surface area contributed by atoms with Crippen molar-refractivity contribution < 1.29 is 22.4 Å². The minimum absolute atomic E-state index is 0.0942. The molecule has 10 heteroatoms. The predicted octanol–water partition coefficient (Wildman–Crippen LogP) is 3.68. The average molecular weight is 433 g/mol. The molecule has 1 unspecified atom stereocenters. The minimum Gasteiger partial charge on any atom is -0.371 e. The standard InChI is InChI=1S/C21H19F4N5O/c22-15-5-4-8-17(11-15)30-19(21(23,24)25)18(27-28-30)20(31)26-12-14-9-10-29(13-14)16-6-2-1-3-7-16/h1-8,11,14H,9-10,12-13H2,(H,26,31). The van der Waals surface area contributed by atoms with Crippen LogP contribution in [0.4, 0.5) is 23.2 Å². The Bertz CT molecular complexity index is 1070. The lowest BCUT2D eigenvalue weighted by Crippen LogP contribution is -2.32. The fraction of sp³-hybridized carbons (Fsp3) is 0.286. The van der Waals surface area contributed by atoms with Gasteiger partial charge in [-0.1, -0.05) is 29.5 Å². The van der Waals surface area contributed by atoms with E-state index < -0.39 is 29.3 Å². The zero-order chi connectivity index (χ0) is 22.0. The van der Waals surface area contributed by atoms with E-state index in [0.717, 1.165) is 30.8 Å². The summed E-state index contributed by atoms with van der Waals surface area (Å²) in [6, 6.07) is 14.3. The molecule has 0 spiro atoms. The summed E-state index contributed by atoms with van der Waals surface area (Å²) in [7, 11) is 0. The van der Waals surface area contributed by atoms with E-state index in [-0.39, 0.29) is 18.2 Å². The number of amides is 1. The SMILES string of the molecule is O=C(NCC1CCN(c2ccccc2)C1)c1nnn(-c2cccc(F)c2)c1C(F)(F)F. The Labute approximate surface area is 175 Å². The number of halogens is 4. The van der Waals surface area contributed by atoms with Gasteiger partial charge in [-0.3, -0.25) is 4.79 Å². The van der Waals surface area contributed by atoms with Crippen molar-refractivity contribution in [1.82, 2.24) is 20.3 Å². The smallest absolute Gasteiger partial charge is 0.371 e. The fourth-order valence-corrected chi connectivity index (χ4v) is 3.67. The highest BCUT2D eigenvalue weighted by Gasteiger charge is 2.42. The molecule has 1 aliphatic rings. The van der Waals surface area contributed by atoms with Crippen molar-refractivity contribution >= 4 is 11.6 Å². The summed E-state index contributed by atoms with van der Waals surface area (Å²) in [4.78, 5) is 14.7. The highest BCUT2D eigenvalue weighted by molar-refractivity contribution is 5.93. The number of carbonyl (C=O) groups excluding carboxylic acids is 1. The van der Waals surface area contributed by atoms with E-state index in [1.165, 1.54) is 12.1 Å². The lowest BCUT2D eigenvalue weighted by Gasteiger charge is -2.18. The molecular weight excluding hydrogens is 414 g/mol. The first kappa shape index (κ1) is 20.8. The Morgan fingerprint density at radius 1 is 1.10 bits per heavy atom. The second-order valence-corrected chi connectivity index (χ2v) is 7.32. The lowest BCUT2D eigenvalue weighted by atomic mass is 10.1. The third kappa shape index (κ3) is 4.52. The molecule has 1 saturated heterocycles.